The van der Waals surface area contributed by atoms with Crippen LogP contribution in [0, 0.1) is 0 Å². The molecular weight excluding hydrogens is 274 g/mol. The first kappa shape index (κ1) is 14.6. The van der Waals surface area contributed by atoms with E-state index in [9.17, 15) is 5.11 Å². The Bertz CT molecular complexity index is 799. The van der Waals surface area contributed by atoms with Gasteiger partial charge in [-0.1, -0.05) is 24.3 Å². The van der Waals surface area contributed by atoms with Crippen molar-refractivity contribution in [2.24, 2.45) is 0 Å². The quantitative estimate of drug-likeness (QED) is 0.725. The summed E-state index contributed by atoms with van der Waals surface area (Å²) >= 11 is 0. The molecule has 0 saturated carbocycles. The van der Waals surface area contributed by atoms with Crippen LogP contribution in [0.25, 0.3) is 22.0 Å². The van der Waals surface area contributed by atoms with E-state index in [1.165, 1.54) is 0 Å². The zero-order valence-corrected chi connectivity index (χ0v) is 13.0. The van der Waals surface area contributed by atoms with E-state index in [-0.39, 0.29) is 0 Å². The molecule has 0 aliphatic rings. The molecule has 1 aromatic heterocycles. The van der Waals surface area contributed by atoms with Crippen LogP contribution in [0.2, 0.25) is 0 Å². The number of nitrogens with zero attached hydrogens (tertiary/aromatic N) is 2. The lowest BCUT2D eigenvalue weighted by molar-refractivity contribution is 0.0651. The zero-order chi connectivity index (χ0) is 15.7. The maximum atomic E-state index is 9.82. The van der Waals surface area contributed by atoms with Gasteiger partial charge in [-0.3, -0.25) is 4.68 Å². The fourth-order valence-electron chi connectivity index (χ4n) is 2.47. The Kier molecular flexibility index (Phi) is 3.62. The summed E-state index contributed by atoms with van der Waals surface area (Å²) in [5, 5.41) is 15.5. The van der Waals surface area contributed by atoms with Crippen LogP contribution in [-0.2, 0) is 6.54 Å². The Morgan fingerprint density at radius 1 is 1.14 bits per heavy atom. The molecule has 0 radical (unpaired) electrons. The van der Waals surface area contributed by atoms with E-state index < -0.39 is 5.60 Å². The third-order valence-electron chi connectivity index (χ3n) is 3.73. The SMILES string of the molecule is CC(C)(O)CCn1cc2ccc(-c3cccc(N)c3)cc2n1. The van der Waals surface area contributed by atoms with Crippen molar-refractivity contribution in [3.63, 3.8) is 0 Å². The molecule has 3 N–H and O–H groups in total. The van der Waals surface area contributed by atoms with Crippen LogP contribution in [0.5, 0.6) is 0 Å². The van der Waals surface area contributed by atoms with Gasteiger partial charge in [-0.2, -0.15) is 5.10 Å². The molecule has 4 heteroatoms. The standard InChI is InChI=1S/C18H21N3O/c1-18(2,22)8-9-21-12-15-7-6-14(11-17(15)20-21)13-4-3-5-16(19)10-13/h3-7,10-12,22H,8-9,19H2,1-2H3. The van der Waals surface area contributed by atoms with Crippen LogP contribution in [0.3, 0.4) is 0 Å². The second-order valence-corrected chi connectivity index (χ2v) is 6.35. The number of hydrogen-bond donors (Lipinski definition) is 2. The number of anilines is 1. The van der Waals surface area contributed by atoms with E-state index in [2.05, 4.69) is 23.3 Å². The molecule has 4 nitrogen and oxygen atoms in total. The van der Waals surface area contributed by atoms with Crippen LogP contribution < -0.4 is 5.73 Å². The van der Waals surface area contributed by atoms with Crippen LogP contribution in [0.4, 0.5) is 5.69 Å². The van der Waals surface area contributed by atoms with Gasteiger partial charge < -0.3 is 10.8 Å². The van der Waals surface area contributed by atoms with Crippen molar-refractivity contribution in [2.45, 2.75) is 32.4 Å². The van der Waals surface area contributed by atoms with Crippen molar-refractivity contribution in [2.75, 3.05) is 5.73 Å². The van der Waals surface area contributed by atoms with Crippen molar-refractivity contribution >= 4 is 16.6 Å². The average Bonchev–Trinajstić information content (AvgIpc) is 2.86. The van der Waals surface area contributed by atoms with Gasteiger partial charge in [0.1, 0.15) is 0 Å². The third-order valence-corrected chi connectivity index (χ3v) is 3.73. The summed E-state index contributed by atoms with van der Waals surface area (Å²) in [5.74, 6) is 0. The van der Waals surface area contributed by atoms with Crippen molar-refractivity contribution < 1.29 is 5.11 Å². The maximum Gasteiger partial charge on any atom is 0.0929 e. The lowest BCUT2D eigenvalue weighted by Crippen LogP contribution is -2.21. The van der Waals surface area contributed by atoms with Crippen LogP contribution in [-0.4, -0.2) is 20.5 Å². The highest BCUT2D eigenvalue weighted by atomic mass is 16.3. The molecule has 0 atom stereocenters. The Morgan fingerprint density at radius 2 is 1.91 bits per heavy atom. The molecule has 0 aliphatic carbocycles. The van der Waals surface area contributed by atoms with E-state index in [0.717, 1.165) is 27.7 Å². The zero-order valence-electron chi connectivity index (χ0n) is 13.0. The topological polar surface area (TPSA) is 64.1 Å². The molecule has 1 heterocycles. The number of benzene rings is 2. The molecule has 0 amide bonds. The Hall–Kier alpha value is -2.33. The van der Waals surface area contributed by atoms with Crippen molar-refractivity contribution in [1.82, 2.24) is 9.78 Å². The predicted octanol–water partition coefficient (Wildman–Crippen LogP) is 3.45. The molecule has 0 saturated heterocycles. The molecule has 2 aromatic carbocycles. The molecule has 0 fully saturated rings. The predicted molar refractivity (Wildman–Crippen MR) is 90.5 cm³/mol. The number of rotatable bonds is 4. The van der Waals surface area contributed by atoms with E-state index in [1.54, 1.807) is 0 Å². The molecule has 114 valence electrons. The van der Waals surface area contributed by atoms with Gasteiger partial charge in [0.05, 0.1) is 11.1 Å². The molecular formula is C18H21N3O. The average molecular weight is 295 g/mol. The van der Waals surface area contributed by atoms with Gasteiger partial charge in [0, 0.05) is 23.8 Å². The van der Waals surface area contributed by atoms with E-state index in [0.29, 0.717) is 13.0 Å². The molecule has 0 spiro atoms. The molecule has 3 rings (SSSR count). The summed E-state index contributed by atoms with van der Waals surface area (Å²) in [6.45, 7) is 4.33. The highest BCUT2D eigenvalue weighted by molar-refractivity contribution is 5.84. The number of aliphatic hydroxyl groups is 1. The number of aryl methyl sites for hydroxylation is 1. The van der Waals surface area contributed by atoms with Crippen LogP contribution in [0.15, 0.2) is 48.7 Å². The highest BCUT2D eigenvalue weighted by Gasteiger charge is 2.13. The maximum absolute atomic E-state index is 9.82. The van der Waals surface area contributed by atoms with Crippen molar-refractivity contribution in [3.8, 4) is 11.1 Å². The lowest BCUT2D eigenvalue weighted by atomic mass is 10.0. The first-order chi connectivity index (χ1) is 10.4. The Labute approximate surface area is 130 Å². The number of fused-ring (bicyclic) bond motifs is 1. The van der Waals surface area contributed by atoms with Gasteiger partial charge in [0.15, 0.2) is 0 Å². The summed E-state index contributed by atoms with van der Waals surface area (Å²) in [6, 6.07) is 14.1. The van der Waals surface area contributed by atoms with Crippen LogP contribution in [0.1, 0.15) is 20.3 Å². The van der Waals surface area contributed by atoms with Crippen LogP contribution >= 0.6 is 0 Å². The monoisotopic (exact) mass is 295 g/mol. The molecule has 0 aliphatic heterocycles. The smallest absolute Gasteiger partial charge is 0.0929 e. The summed E-state index contributed by atoms with van der Waals surface area (Å²) < 4.78 is 1.89. The van der Waals surface area contributed by atoms with E-state index >= 15 is 0 Å². The third kappa shape index (κ3) is 3.28. The van der Waals surface area contributed by atoms with Gasteiger partial charge >= 0.3 is 0 Å². The second-order valence-electron chi connectivity index (χ2n) is 6.35. The summed E-state index contributed by atoms with van der Waals surface area (Å²) in [6.07, 6.45) is 2.69. The molecule has 0 bridgehead atoms. The molecule has 3 aromatic rings. The summed E-state index contributed by atoms with van der Waals surface area (Å²) in [4.78, 5) is 0. The Morgan fingerprint density at radius 3 is 2.64 bits per heavy atom. The minimum atomic E-state index is -0.676. The number of aromatic nitrogens is 2. The van der Waals surface area contributed by atoms with Gasteiger partial charge in [0.25, 0.3) is 0 Å². The summed E-state index contributed by atoms with van der Waals surface area (Å²) in [7, 11) is 0. The van der Waals surface area contributed by atoms with Crippen molar-refractivity contribution in [1.29, 1.82) is 0 Å². The van der Waals surface area contributed by atoms with Gasteiger partial charge in [-0.15, -0.1) is 0 Å². The van der Waals surface area contributed by atoms with Gasteiger partial charge in [0.2, 0.25) is 0 Å². The van der Waals surface area contributed by atoms with Gasteiger partial charge in [-0.25, -0.2) is 0 Å². The fourth-order valence-corrected chi connectivity index (χ4v) is 2.47. The van der Waals surface area contributed by atoms with Gasteiger partial charge in [-0.05, 0) is 49.6 Å². The number of nitrogen functional groups attached to an aromatic ring is 1. The number of nitrogens with two attached hydrogens (primary N) is 1. The molecule has 0 unspecified atom stereocenters. The molecule has 22 heavy (non-hydrogen) atoms. The first-order valence-electron chi connectivity index (χ1n) is 7.46. The minimum Gasteiger partial charge on any atom is -0.399 e. The highest BCUT2D eigenvalue weighted by Crippen LogP contribution is 2.25. The normalized spacial score (nSPS) is 12.0. The minimum absolute atomic E-state index is 0.670. The fraction of sp³-hybridized carbons (Fsp3) is 0.278. The Balaban J connectivity index is 1.90. The van der Waals surface area contributed by atoms with E-state index in [4.69, 9.17) is 5.73 Å². The largest absolute Gasteiger partial charge is 0.399 e. The van der Waals surface area contributed by atoms with E-state index in [1.807, 2.05) is 49.0 Å². The first-order valence-corrected chi connectivity index (χ1v) is 7.46. The number of hydrogen-bond acceptors (Lipinski definition) is 3. The lowest BCUT2D eigenvalue weighted by Gasteiger charge is -2.16. The summed E-state index contributed by atoms with van der Waals surface area (Å²) in [5.41, 5.74) is 9.08. The second kappa shape index (κ2) is 5.46. The van der Waals surface area contributed by atoms with Crippen molar-refractivity contribution in [3.05, 3.63) is 48.7 Å².